The third-order valence-corrected chi connectivity index (χ3v) is 5.36. The van der Waals surface area contributed by atoms with Gasteiger partial charge in [0.2, 0.25) is 0 Å². The number of fused-ring (bicyclic) bond motifs is 2. The van der Waals surface area contributed by atoms with Gasteiger partial charge in [-0.05, 0) is 17.1 Å². The normalized spacial score (nSPS) is 35.4. The summed E-state index contributed by atoms with van der Waals surface area (Å²) in [5.41, 5.74) is 2.02. The Morgan fingerprint density at radius 2 is 2.00 bits per heavy atom. The Hall–Kier alpha value is -1.27. The van der Waals surface area contributed by atoms with Crippen molar-refractivity contribution >= 4 is 22.3 Å². The lowest BCUT2D eigenvalue weighted by Gasteiger charge is -2.40. The molecule has 1 saturated carbocycles. The average molecular weight is 335 g/mol. The molecule has 11 heteroatoms. The van der Waals surface area contributed by atoms with Gasteiger partial charge in [0.25, 0.3) is 5.91 Å². The fourth-order valence-corrected chi connectivity index (χ4v) is 4.35. The maximum absolute atomic E-state index is 12.8. The highest BCUT2D eigenvalue weighted by Crippen LogP contribution is 2.44. The first-order valence-electron chi connectivity index (χ1n) is 7.18. The van der Waals surface area contributed by atoms with Gasteiger partial charge in [-0.2, -0.15) is 8.42 Å². The SMILES string of the molecule is NNC(=O)[C@@H]1CCC2CN1C(=O)[N+]2(OS(=O)(=O)O)C1CCC1. The number of nitrogens with two attached hydrogens (primary N) is 1. The summed E-state index contributed by atoms with van der Waals surface area (Å²) in [7, 11) is -4.80. The second-order valence-corrected chi connectivity index (χ2v) is 6.99. The molecule has 2 unspecified atom stereocenters. The van der Waals surface area contributed by atoms with E-state index in [2.05, 4.69) is 0 Å². The molecule has 0 spiro atoms. The lowest BCUT2D eigenvalue weighted by Crippen LogP contribution is -2.64. The fourth-order valence-electron chi connectivity index (χ4n) is 3.74. The molecular formula is C11H19N4O6S+. The van der Waals surface area contributed by atoms with Gasteiger partial charge in [-0.3, -0.25) is 19.7 Å². The Morgan fingerprint density at radius 1 is 1.32 bits per heavy atom. The smallest absolute Gasteiger partial charge is 0.292 e. The standard InChI is InChI=1S/C11H18N4O6S/c12-13-10(16)9-5-4-8-6-14(9)11(17)15(8,7-2-1-3-7)21-22(18,19)20/h7-9H,1-6,12H2,(H-,13,16,18,19,20)/p+1/t8?,9-,15?/m0/s1. The highest BCUT2D eigenvalue weighted by atomic mass is 32.3. The number of hydroxylamine groups is 3. The van der Waals surface area contributed by atoms with E-state index in [4.69, 9.17) is 14.7 Å². The number of amides is 3. The van der Waals surface area contributed by atoms with Gasteiger partial charge in [-0.25, -0.2) is 10.6 Å². The molecule has 10 nitrogen and oxygen atoms in total. The largest absolute Gasteiger partial charge is 0.454 e. The number of rotatable bonds is 4. The number of nitrogens with one attached hydrogen (secondary N) is 1. The van der Waals surface area contributed by atoms with Crippen LogP contribution < -0.4 is 11.3 Å². The highest BCUT2D eigenvalue weighted by molar-refractivity contribution is 7.80. The summed E-state index contributed by atoms with van der Waals surface area (Å²) in [6.45, 7) is 0.211. The zero-order chi connectivity index (χ0) is 16.1. The molecule has 0 aromatic heterocycles. The number of quaternary nitrogens is 1. The summed E-state index contributed by atoms with van der Waals surface area (Å²) < 4.78 is 35.8. The summed E-state index contributed by atoms with van der Waals surface area (Å²) in [6.07, 6.45) is 2.96. The molecule has 0 aromatic carbocycles. The number of hydrogen-bond acceptors (Lipinski definition) is 6. The molecule has 2 bridgehead atoms. The van der Waals surface area contributed by atoms with Gasteiger partial charge < -0.3 is 0 Å². The van der Waals surface area contributed by atoms with E-state index in [1.165, 1.54) is 4.90 Å². The van der Waals surface area contributed by atoms with Gasteiger partial charge in [0, 0.05) is 19.3 Å². The molecule has 3 rings (SSSR count). The minimum Gasteiger partial charge on any atom is -0.292 e. The first-order chi connectivity index (χ1) is 10.3. The van der Waals surface area contributed by atoms with Crippen molar-refractivity contribution in [2.24, 2.45) is 5.84 Å². The lowest BCUT2D eigenvalue weighted by molar-refractivity contribution is -1.05. The molecule has 0 radical (unpaired) electrons. The topological polar surface area (TPSA) is 139 Å². The molecule has 2 saturated heterocycles. The molecule has 3 aliphatic rings. The molecule has 4 N–H and O–H groups in total. The Kier molecular flexibility index (Phi) is 3.64. The van der Waals surface area contributed by atoms with Crippen LogP contribution in [0.25, 0.3) is 0 Å². The first kappa shape index (κ1) is 15.6. The van der Waals surface area contributed by atoms with Crippen LogP contribution >= 0.6 is 0 Å². The molecule has 22 heavy (non-hydrogen) atoms. The van der Waals surface area contributed by atoms with E-state index in [9.17, 15) is 18.0 Å². The molecule has 3 atom stereocenters. The first-order valence-corrected chi connectivity index (χ1v) is 8.55. The number of hydrogen-bond donors (Lipinski definition) is 3. The van der Waals surface area contributed by atoms with Crippen LogP contribution in [0.15, 0.2) is 0 Å². The lowest BCUT2D eigenvalue weighted by atomic mass is 9.89. The molecule has 124 valence electrons. The highest BCUT2D eigenvalue weighted by Gasteiger charge is 2.67. The summed E-state index contributed by atoms with van der Waals surface area (Å²) in [5, 5.41) is 0. The van der Waals surface area contributed by atoms with Crippen LogP contribution in [-0.2, 0) is 19.5 Å². The zero-order valence-electron chi connectivity index (χ0n) is 11.8. The Bertz CT molecular complexity index is 606. The molecule has 3 amide bonds. The van der Waals surface area contributed by atoms with E-state index < -0.39 is 39.1 Å². The van der Waals surface area contributed by atoms with E-state index in [0.717, 1.165) is 6.42 Å². The predicted octanol–water partition coefficient (Wildman–Crippen LogP) is -0.953. The zero-order valence-corrected chi connectivity index (χ0v) is 12.7. The Labute approximate surface area is 127 Å². The van der Waals surface area contributed by atoms with Crippen LogP contribution in [0.5, 0.6) is 0 Å². The van der Waals surface area contributed by atoms with Crippen LogP contribution in [0.4, 0.5) is 4.79 Å². The number of hydrazine groups is 1. The van der Waals surface area contributed by atoms with E-state index in [1.807, 2.05) is 5.43 Å². The van der Waals surface area contributed by atoms with Crippen molar-refractivity contribution in [3.05, 3.63) is 0 Å². The minimum atomic E-state index is -4.80. The van der Waals surface area contributed by atoms with Crippen molar-refractivity contribution in [1.29, 1.82) is 0 Å². The van der Waals surface area contributed by atoms with E-state index >= 15 is 0 Å². The quantitative estimate of drug-likeness (QED) is 0.198. The van der Waals surface area contributed by atoms with Crippen molar-refractivity contribution in [3.8, 4) is 0 Å². The van der Waals surface area contributed by atoms with Gasteiger partial charge in [0.15, 0.2) is 0 Å². The van der Waals surface area contributed by atoms with Crippen LogP contribution in [0.2, 0.25) is 0 Å². The van der Waals surface area contributed by atoms with Crippen molar-refractivity contribution in [2.75, 3.05) is 6.54 Å². The van der Waals surface area contributed by atoms with Crippen molar-refractivity contribution in [2.45, 2.75) is 50.2 Å². The van der Waals surface area contributed by atoms with Gasteiger partial charge in [-0.1, -0.05) is 4.65 Å². The predicted molar refractivity (Wildman–Crippen MR) is 71.8 cm³/mol. The van der Waals surface area contributed by atoms with Gasteiger partial charge in [0.05, 0.1) is 6.54 Å². The van der Waals surface area contributed by atoms with Crippen molar-refractivity contribution < 1.29 is 31.5 Å². The summed E-state index contributed by atoms with van der Waals surface area (Å²) in [6, 6.07) is -2.07. The second kappa shape index (κ2) is 5.13. The molecule has 2 aliphatic heterocycles. The van der Waals surface area contributed by atoms with E-state index in [-0.39, 0.29) is 12.6 Å². The average Bonchev–Trinajstić information content (AvgIpc) is 2.58. The summed E-state index contributed by atoms with van der Waals surface area (Å²) in [5.74, 6) is 4.64. The summed E-state index contributed by atoms with van der Waals surface area (Å²) >= 11 is 0. The van der Waals surface area contributed by atoms with Crippen molar-refractivity contribution in [1.82, 2.24) is 10.3 Å². The number of urea groups is 1. The molecule has 1 aliphatic carbocycles. The number of piperidine rings is 1. The number of carbonyl (C=O) groups excluding carboxylic acids is 2. The van der Waals surface area contributed by atoms with Crippen LogP contribution in [0.3, 0.4) is 0 Å². The van der Waals surface area contributed by atoms with Crippen LogP contribution in [0.1, 0.15) is 32.1 Å². The molecular weight excluding hydrogens is 316 g/mol. The van der Waals surface area contributed by atoms with E-state index in [1.54, 1.807) is 0 Å². The van der Waals surface area contributed by atoms with Gasteiger partial charge >= 0.3 is 16.4 Å². The van der Waals surface area contributed by atoms with Crippen LogP contribution in [-0.4, -0.2) is 59.1 Å². The maximum Gasteiger partial charge on any atom is 0.454 e. The molecule has 3 fully saturated rings. The third kappa shape index (κ3) is 2.20. The molecule has 2 heterocycles. The summed E-state index contributed by atoms with van der Waals surface area (Å²) in [4.78, 5) is 25.9. The third-order valence-electron chi connectivity index (χ3n) is 4.92. The Morgan fingerprint density at radius 3 is 2.50 bits per heavy atom. The minimum absolute atomic E-state index is 0.211. The van der Waals surface area contributed by atoms with Gasteiger partial charge in [-0.15, -0.1) is 0 Å². The number of nitrogens with zero attached hydrogens (tertiary/aromatic N) is 2. The van der Waals surface area contributed by atoms with E-state index in [0.29, 0.717) is 25.7 Å². The number of carbonyl (C=O) groups is 2. The maximum atomic E-state index is 12.8. The molecule has 0 aromatic rings. The monoisotopic (exact) mass is 335 g/mol. The Balaban J connectivity index is 1.98. The fraction of sp³-hybridized carbons (Fsp3) is 0.818. The van der Waals surface area contributed by atoms with Crippen LogP contribution in [0, 0.1) is 0 Å². The second-order valence-electron chi connectivity index (χ2n) is 5.99. The van der Waals surface area contributed by atoms with Gasteiger partial charge in [0.1, 0.15) is 18.1 Å². The van der Waals surface area contributed by atoms with Crippen molar-refractivity contribution in [3.63, 3.8) is 0 Å².